The maximum Gasteiger partial charge on any atom is 0.317 e. The Kier molecular flexibility index (Phi) is 4.87. The molecule has 2 amide bonds. The zero-order valence-electron chi connectivity index (χ0n) is 11.5. The van der Waals surface area contributed by atoms with Crippen LogP contribution in [0.25, 0.3) is 0 Å². The number of piperidine rings is 1. The lowest BCUT2D eigenvalue weighted by Crippen LogP contribution is -2.46. The van der Waals surface area contributed by atoms with Gasteiger partial charge in [0, 0.05) is 19.6 Å². The molecule has 1 saturated heterocycles. The molecule has 2 rings (SSSR count). The normalized spacial score (nSPS) is 32.6. The van der Waals surface area contributed by atoms with E-state index in [1.165, 1.54) is 25.7 Å². The van der Waals surface area contributed by atoms with Crippen LogP contribution >= 0.6 is 0 Å². The molecule has 0 radical (unpaired) electrons. The fourth-order valence-corrected chi connectivity index (χ4v) is 3.40. The number of hydrogen-bond acceptors (Lipinski definition) is 2. The van der Waals surface area contributed by atoms with E-state index < -0.39 is 0 Å². The van der Waals surface area contributed by atoms with Gasteiger partial charge in [-0.3, -0.25) is 0 Å². The SMILES string of the molecule is CC1CCCN(C(=O)NCC2CCCC2CN)C1. The lowest BCUT2D eigenvalue weighted by Gasteiger charge is -2.31. The largest absolute Gasteiger partial charge is 0.338 e. The number of nitrogens with one attached hydrogen (secondary N) is 1. The van der Waals surface area contributed by atoms with Gasteiger partial charge in [0.05, 0.1) is 0 Å². The van der Waals surface area contributed by atoms with E-state index in [1.807, 2.05) is 4.90 Å². The van der Waals surface area contributed by atoms with E-state index in [-0.39, 0.29) is 6.03 Å². The summed E-state index contributed by atoms with van der Waals surface area (Å²) in [5, 5.41) is 3.11. The molecule has 3 atom stereocenters. The van der Waals surface area contributed by atoms with E-state index in [2.05, 4.69) is 12.2 Å². The van der Waals surface area contributed by atoms with Crippen LogP contribution in [0.2, 0.25) is 0 Å². The number of hydrogen-bond donors (Lipinski definition) is 2. The van der Waals surface area contributed by atoms with E-state index in [0.717, 1.165) is 32.6 Å². The highest BCUT2D eigenvalue weighted by atomic mass is 16.2. The molecule has 104 valence electrons. The van der Waals surface area contributed by atoms with Crippen molar-refractivity contribution in [3.05, 3.63) is 0 Å². The fourth-order valence-electron chi connectivity index (χ4n) is 3.40. The van der Waals surface area contributed by atoms with Crippen LogP contribution in [0.1, 0.15) is 39.0 Å². The molecule has 0 aromatic rings. The van der Waals surface area contributed by atoms with Gasteiger partial charge >= 0.3 is 6.03 Å². The van der Waals surface area contributed by atoms with E-state index in [1.54, 1.807) is 0 Å². The highest BCUT2D eigenvalue weighted by Crippen LogP contribution is 2.30. The first-order valence-corrected chi connectivity index (χ1v) is 7.43. The van der Waals surface area contributed by atoms with Crippen molar-refractivity contribution >= 4 is 6.03 Å². The third-order valence-electron chi connectivity index (χ3n) is 4.58. The van der Waals surface area contributed by atoms with Gasteiger partial charge < -0.3 is 16.0 Å². The number of urea groups is 1. The number of carbonyl (C=O) groups excluding carboxylic acids is 1. The minimum Gasteiger partial charge on any atom is -0.338 e. The third kappa shape index (κ3) is 3.37. The molecule has 0 bridgehead atoms. The summed E-state index contributed by atoms with van der Waals surface area (Å²) in [6.45, 7) is 5.63. The van der Waals surface area contributed by atoms with Crippen LogP contribution in [-0.2, 0) is 0 Å². The molecule has 2 fully saturated rings. The van der Waals surface area contributed by atoms with Crippen molar-refractivity contribution in [3.63, 3.8) is 0 Å². The molecule has 3 unspecified atom stereocenters. The topological polar surface area (TPSA) is 58.4 Å². The Morgan fingerprint density at radius 1 is 1.28 bits per heavy atom. The quantitative estimate of drug-likeness (QED) is 0.806. The molecule has 1 aliphatic carbocycles. The van der Waals surface area contributed by atoms with Crippen LogP contribution in [0.3, 0.4) is 0 Å². The monoisotopic (exact) mass is 253 g/mol. The molecule has 18 heavy (non-hydrogen) atoms. The first-order chi connectivity index (χ1) is 8.70. The zero-order valence-corrected chi connectivity index (χ0v) is 11.5. The van der Waals surface area contributed by atoms with Crippen molar-refractivity contribution in [2.75, 3.05) is 26.2 Å². The number of rotatable bonds is 3. The molecule has 2 aliphatic rings. The number of nitrogens with zero attached hydrogens (tertiary/aromatic N) is 1. The van der Waals surface area contributed by atoms with Crippen LogP contribution in [-0.4, -0.2) is 37.1 Å². The Morgan fingerprint density at radius 2 is 2.06 bits per heavy atom. The molecule has 1 aliphatic heterocycles. The second-order valence-corrected chi connectivity index (χ2v) is 6.07. The van der Waals surface area contributed by atoms with Crippen molar-refractivity contribution in [2.24, 2.45) is 23.5 Å². The van der Waals surface area contributed by atoms with Gasteiger partial charge in [0.25, 0.3) is 0 Å². The van der Waals surface area contributed by atoms with Crippen LogP contribution in [0.4, 0.5) is 4.79 Å². The summed E-state index contributed by atoms with van der Waals surface area (Å²) in [6.07, 6.45) is 6.12. The summed E-state index contributed by atoms with van der Waals surface area (Å²) in [5.41, 5.74) is 5.77. The molecule has 4 nitrogen and oxygen atoms in total. The van der Waals surface area contributed by atoms with Crippen LogP contribution in [0, 0.1) is 17.8 Å². The average molecular weight is 253 g/mol. The van der Waals surface area contributed by atoms with Crippen LogP contribution in [0.5, 0.6) is 0 Å². The molecule has 4 heteroatoms. The van der Waals surface area contributed by atoms with Crippen molar-refractivity contribution in [2.45, 2.75) is 39.0 Å². The number of likely N-dealkylation sites (tertiary alicyclic amines) is 1. The van der Waals surface area contributed by atoms with Crippen molar-refractivity contribution < 1.29 is 4.79 Å². The molecule has 1 heterocycles. The highest BCUT2D eigenvalue weighted by molar-refractivity contribution is 5.74. The van der Waals surface area contributed by atoms with E-state index in [4.69, 9.17) is 5.73 Å². The number of amides is 2. The summed E-state index contributed by atoms with van der Waals surface area (Å²) < 4.78 is 0. The first-order valence-electron chi connectivity index (χ1n) is 7.43. The number of carbonyl (C=O) groups is 1. The molecular formula is C14H27N3O. The summed E-state index contributed by atoms with van der Waals surface area (Å²) >= 11 is 0. The van der Waals surface area contributed by atoms with Gasteiger partial charge in [0.15, 0.2) is 0 Å². The highest BCUT2D eigenvalue weighted by Gasteiger charge is 2.27. The molecule has 0 spiro atoms. The van der Waals surface area contributed by atoms with Gasteiger partial charge in [-0.15, -0.1) is 0 Å². The molecular weight excluding hydrogens is 226 g/mol. The van der Waals surface area contributed by atoms with Gasteiger partial charge in [-0.05, 0) is 50.0 Å². The van der Waals surface area contributed by atoms with Gasteiger partial charge in [0.1, 0.15) is 0 Å². The van der Waals surface area contributed by atoms with Gasteiger partial charge in [-0.2, -0.15) is 0 Å². The zero-order chi connectivity index (χ0) is 13.0. The lowest BCUT2D eigenvalue weighted by molar-refractivity contribution is 0.167. The second kappa shape index (κ2) is 6.41. The minimum atomic E-state index is 0.129. The smallest absolute Gasteiger partial charge is 0.317 e. The van der Waals surface area contributed by atoms with Crippen LogP contribution < -0.4 is 11.1 Å². The average Bonchev–Trinajstić information content (AvgIpc) is 2.83. The van der Waals surface area contributed by atoms with Gasteiger partial charge in [-0.1, -0.05) is 13.3 Å². The lowest BCUT2D eigenvalue weighted by atomic mass is 9.96. The Morgan fingerprint density at radius 3 is 2.78 bits per heavy atom. The Hall–Kier alpha value is -0.770. The van der Waals surface area contributed by atoms with E-state index in [0.29, 0.717) is 17.8 Å². The fraction of sp³-hybridized carbons (Fsp3) is 0.929. The summed E-state index contributed by atoms with van der Waals surface area (Å²) in [6, 6.07) is 0.129. The Balaban J connectivity index is 1.74. The predicted octanol–water partition coefficient (Wildman–Crippen LogP) is 1.80. The van der Waals surface area contributed by atoms with Gasteiger partial charge in [-0.25, -0.2) is 4.79 Å². The maximum atomic E-state index is 12.1. The van der Waals surface area contributed by atoms with E-state index in [9.17, 15) is 4.79 Å². The van der Waals surface area contributed by atoms with Crippen molar-refractivity contribution in [1.82, 2.24) is 10.2 Å². The first kappa shape index (κ1) is 13.7. The molecule has 3 N–H and O–H groups in total. The number of nitrogens with two attached hydrogens (primary N) is 1. The molecule has 1 saturated carbocycles. The summed E-state index contributed by atoms with van der Waals surface area (Å²) in [4.78, 5) is 14.1. The third-order valence-corrected chi connectivity index (χ3v) is 4.58. The summed E-state index contributed by atoms with van der Waals surface area (Å²) in [5.74, 6) is 1.86. The van der Waals surface area contributed by atoms with Crippen molar-refractivity contribution in [3.8, 4) is 0 Å². The Bertz CT molecular complexity index is 282. The molecule has 0 aromatic carbocycles. The van der Waals surface area contributed by atoms with Crippen LogP contribution in [0.15, 0.2) is 0 Å². The standard InChI is InChI=1S/C14H27N3O/c1-11-4-3-7-17(10-11)14(18)16-9-13-6-2-5-12(13)8-15/h11-13H,2-10,15H2,1H3,(H,16,18). The second-order valence-electron chi connectivity index (χ2n) is 6.07. The predicted molar refractivity (Wildman–Crippen MR) is 73.3 cm³/mol. The Labute approximate surface area is 110 Å². The van der Waals surface area contributed by atoms with E-state index >= 15 is 0 Å². The summed E-state index contributed by atoms with van der Waals surface area (Å²) in [7, 11) is 0. The van der Waals surface area contributed by atoms with Crippen molar-refractivity contribution in [1.29, 1.82) is 0 Å². The molecule has 0 aromatic heterocycles. The van der Waals surface area contributed by atoms with Gasteiger partial charge in [0.2, 0.25) is 0 Å². The minimum absolute atomic E-state index is 0.129. The maximum absolute atomic E-state index is 12.1.